The lowest BCUT2D eigenvalue weighted by molar-refractivity contribution is 2.40. The van der Waals surface area contributed by atoms with Gasteiger partial charge < -0.3 is 0 Å². The Labute approximate surface area is 62.2 Å². The molecule has 0 saturated heterocycles. The molecule has 0 saturated carbocycles. The van der Waals surface area contributed by atoms with Crippen LogP contribution in [0, 0.1) is 0 Å². The zero-order chi connectivity index (χ0) is 2.00. The molecule has 0 atom stereocenters. The van der Waals surface area contributed by atoms with Crippen LogP contribution in [-0.2, 0) is 0 Å². The standard InChI is InChI=1S/CH3B.2HI/c1-2;;/h1H3;2*1H. The van der Waals surface area contributed by atoms with Gasteiger partial charge in [0, 0.05) is 0 Å². The van der Waals surface area contributed by atoms with Gasteiger partial charge in [0.25, 0.3) is 0 Å². The quantitative estimate of drug-likeness (QED) is 0.466. The van der Waals surface area contributed by atoms with Crippen LogP contribution < -0.4 is 0 Å². The maximum absolute atomic E-state index is 4.50. The fourth-order valence-electron chi connectivity index (χ4n) is 0. The SMILES string of the molecule is I.I.[B]C. The third-order valence-corrected chi connectivity index (χ3v) is 0. The number of rotatable bonds is 0. The van der Waals surface area contributed by atoms with Crippen molar-refractivity contribution in [3.05, 3.63) is 0 Å². The summed E-state index contributed by atoms with van der Waals surface area (Å²) < 4.78 is 0. The second-order valence-electron chi connectivity index (χ2n) is 0. The van der Waals surface area contributed by atoms with E-state index < -0.39 is 0 Å². The predicted octanol–water partition coefficient (Wildman–Crippen LogP) is 1.44. The van der Waals surface area contributed by atoms with Crippen molar-refractivity contribution >= 4 is 55.8 Å². The second kappa shape index (κ2) is 24.2. The summed E-state index contributed by atoms with van der Waals surface area (Å²) in [4.78, 5) is 0. The Hall–Kier alpha value is 1.52. The molecule has 0 bridgehead atoms. The normalized spacial score (nSPS) is 1.25. The molecule has 0 aliphatic carbocycles. The van der Waals surface area contributed by atoms with E-state index in [0.717, 1.165) is 0 Å². The maximum atomic E-state index is 4.50. The minimum absolute atomic E-state index is 0. The van der Waals surface area contributed by atoms with Crippen molar-refractivity contribution in [3.63, 3.8) is 0 Å². The van der Waals surface area contributed by atoms with Gasteiger partial charge in [-0.1, -0.05) is 6.82 Å². The molecule has 0 aromatic carbocycles. The van der Waals surface area contributed by atoms with E-state index in [2.05, 4.69) is 7.85 Å². The van der Waals surface area contributed by atoms with Crippen LogP contribution in [0.5, 0.6) is 0 Å². The molecular weight excluding hydrogens is 277 g/mol. The van der Waals surface area contributed by atoms with E-state index in [9.17, 15) is 0 Å². The number of hydrogen-bond acceptors (Lipinski definition) is 0. The largest absolute Gasteiger partial charge is 0.107 e. The number of halogens is 2. The minimum Gasteiger partial charge on any atom is -0.107 e. The summed E-state index contributed by atoms with van der Waals surface area (Å²) in [6, 6.07) is 0. The number of hydrogen-bond donors (Lipinski definition) is 0. The maximum Gasteiger partial charge on any atom is 0.0606 e. The molecule has 0 aliphatic heterocycles. The van der Waals surface area contributed by atoms with Crippen LogP contribution in [0.25, 0.3) is 0 Å². The lowest BCUT2D eigenvalue weighted by atomic mass is 10.2. The van der Waals surface area contributed by atoms with Crippen LogP contribution in [0.15, 0.2) is 0 Å². The molecule has 0 heterocycles. The molecule has 4 heavy (non-hydrogen) atoms. The van der Waals surface area contributed by atoms with Crippen molar-refractivity contribution in [3.8, 4) is 0 Å². The fraction of sp³-hybridized carbons (Fsp3) is 1.00. The Morgan fingerprint density at radius 1 is 1.00 bits per heavy atom. The minimum atomic E-state index is 0. The van der Waals surface area contributed by atoms with Crippen molar-refractivity contribution in [2.45, 2.75) is 6.82 Å². The summed E-state index contributed by atoms with van der Waals surface area (Å²) in [5, 5.41) is 0. The van der Waals surface area contributed by atoms with Crippen LogP contribution in [0.3, 0.4) is 0 Å². The zero-order valence-corrected chi connectivity index (χ0v) is 7.05. The van der Waals surface area contributed by atoms with Crippen LogP contribution in [0.1, 0.15) is 0 Å². The summed E-state index contributed by atoms with van der Waals surface area (Å²) >= 11 is 0. The lowest BCUT2D eigenvalue weighted by Crippen LogP contribution is -1.13. The van der Waals surface area contributed by atoms with Crippen molar-refractivity contribution in [1.29, 1.82) is 0 Å². The molecule has 3 heteroatoms. The van der Waals surface area contributed by atoms with E-state index >= 15 is 0 Å². The zero-order valence-electron chi connectivity index (χ0n) is 2.39. The van der Waals surface area contributed by atoms with Crippen molar-refractivity contribution < 1.29 is 0 Å². The van der Waals surface area contributed by atoms with E-state index in [1.54, 1.807) is 0 Å². The first-order valence-electron chi connectivity index (χ1n) is 0.577. The highest BCUT2D eigenvalue weighted by molar-refractivity contribution is 14.0. The molecule has 0 spiro atoms. The fourth-order valence-corrected chi connectivity index (χ4v) is 0. The highest BCUT2D eigenvalue weighted by atomic mass is 127. The molecule has 0 nitrogen and oxygen atoms in total. The average molecular weight is 282 g/mol. The van der Waals surface area contributed by atoms with E-state index in [0.29, 0.717) is 0 Å². The van der Waals surface area contributed by atoms with Gasteiger partial charge in [-0.25, -0.2) is 0 Å². The van der Waals surface area contributed by atoms with Gasteiger partial charge in [0.05, 0.1) is 7.85 Å². The van der Waals surface area contributed by atoms with Crippen molar-refractivity contribution in [2.24, 2.45) is 0 Å². The summed E-state index contributed by atoms with van der Waals surface area (Å²) in [6.45, 7) is 1.50. The highest BCUT2D eigenvalue weighted by Crippen LogP contribution is 0.960. The molecule has 0 aromatic rings. The van der Waals surface area contributed by atoms with E-state index in [4.69, 9.17) is 0 Å². The van der Waals surface area contributed by atoms with E-state index in [-0.39, 0.29) is 48.0 Å². The van der Waals surface area contributed by atoms with E-state index in [1.165, 1.54) is 6.82 Å². The molecule has 0 fully saturated rings. The summed E-state index contributed by atoms with van der Waals surface area (Å²) in [5.74, 6) is 0. The Morgan fingerprint density at radius 3 is 1.00 bits per heavy atom. The Bertz CT molecular complexity index is 6.00. The smallest absolute Gasteiger partial charge is 0.0606 e. The van der Waals surface area contributed by atoms with Gasteiger partial charge in [-0.15, -0.1) is 48.0 Å². The summed E-state index contributed by atoms with van der Waals surface area (Å²) in [7, 11) is 4.50. The Balaban J connectivity index is -0.00000000500. The summed E-state index contributed by atoms with van der Waals surface area (Å²) in [5.41, 5.74) is 0. The van der Waals surface area contributed by atoms with Crippen molar-refractivity contribution in [2.75, 3.05) is 0 Å². The van der Waals surface area contributed by atoms with Crippen LogP contribution in [-0.4, -0.2) is 7.85 Å². The third-order valence-electron chi connectivity index (χ3n) is 0. The second-order valence-corrected chi connectivity index (χ2v) is 0. The van der Waals surface area contributed by atoms with Gasteiger partial charge in [0.1, 0.15) is 0 Å². The Kier molecular flexibility index (Phi) is 107. The molecular formula is CH5BI2. The highest BCUT2D eigenvalue weighted by Gasteiger charge is 0.984. The molecule has 0 aliphatic rings. The summed E-state index contributed by atoms with van der Waals surface area (Å²) in [6.07, 6.45) is 0. The molecule has 0 N–H and O–H groups in total. The first-order chi connectivity index (χ1) is 1.00. The van der Waals surface area contributed by atoms with Gasteiger partial charge in [0.15, 0.2) is 0 Å². The monoisotopic (exact) mass is 282 g/mol. The molecule has 2 radical (unpaired) electrons. The van der Waals surface area contributed by atoms with Gasteiger partial charge in [-0.3, -0.25) is 0 Å². The van der Waals surface area contributed by atoms with Gasteiger partial charge in [0.2, 0.25) is 0 Å². The van der Waals surface area contributed by atoms with Gasteiger partial charge >= 0.3 is 0 Å². The third kappa shape index (κ3) is 9.66. The Morgan fingerprint density at radius 2 is 1.00 bits per heavy atom. The molecule has 0 rings (SSSR count). The van der Waals surface area contributed by atoms with Crippen LogP contribution in [0.2, 0.25) is 6.82 Å². The molecule has 0 unspecified atom stereocenters. The lowest BCUT2D eigenvalue weighted by Gasteiger charge is -1.02. The topological polar surface area (TPSA) is 0 Å². The predicted molar refractivity (Wildman–Crippen MR) is 42.4 cm³/mol. The molecule has 0 aromatic heterocycles. The first kappa shape index (κ1) is 17.7. The van der Waals surface area contributed by atoms with Gasteiger partial charge in [-0.2, -0.15) is 0 Å². The van der Waals surface area contributed by atoms with Gasteiger partial charge in [-0.05, 0) is 0 Å². The first-order valence-corrected chi connectivity index (χ1v) is 0.577. The van der Waals surface area contributed by atoms with E-state index in [1.807, 2.05) is 0 Å². The molecule has 26 valence electrons. The van der Waals surface area contributed by atoms with Crippen molar-refractivity contribution in [1.82, 2.24) is 0 Å². The van der Waals surface area contributed by atoms with Crippen LogP contribution >= 0.6 is 48.0 Å². The average Bonchev–Trinajstić information content (AvgIpc) is 1.00. The molecule has 0 amide bonds. The van der Waals surface area contributed by atoms with Crippen LogP contribution in [0.4, 0.5) is 0 Å².